The van der Waals surface area contributed by atoms with Crippen LogP contribution >= 0.6 is 11.6 Å². The number of nitrogens with one attached hydrogen (secondary N) is 1. The Morgan fingerprint density at radius 3 is 2.50 bits per heavy atom. The van der Waals surface area contributed by atoms with Crippen molar-refractivity contribution in [2.75, 3.05) is 26.2 Å². The minimum atomic E-state index is -3.61. The van der Waals surface area contributed by atoms with Crippen LogP contribution in [0, 0.1) is 6.92 Å². The topological polar surface area (TPSA) is 75.7 Å². The first-order valence-corrected chi connectivity index (χ1v) is 11.0. The molecule has 1 amide bonds. The van der Waals surface area contributed by atoms with E-state index in [0.717, 1.165) is 24.2 Å². The van der Waals surface area contributed by atoms with Crippen LogP contribution in [-0.2, 0) is 10.0 Å². The molecule has 1 aliphatic rings. The van der Waals surface area contributed by atoms with Gasteiger partial charge in [0.1, 0.15) is 12.4 Å². The zero-order chi connectivity index (χ0) is 20.1. The SMILES string of the molecule is Cc1ccc(OCCNC(=O)c2cc(S(=O)(=O)N3CCCC3)ccc2Cl)cc1. The number of carbonyl (C=O) groups excluding carboxylic acids is 1. The maximum absolute atomic E-state index is 12.7. The first-order chi connectivity index (χ1) is 13.4. The van der Waals surface area contributed by atoms with Crippen LogP contribution in [0.5, 0.6) is 5.75 Å². The van der Waals surface area contributed by atoms with E-state index in [1.165, 1.54) is 22.5 Å². The third-order valence-electron chi connectivity index (χ3n) is 4.56. The highest BCUT2D eigenvalue weighted by Crippen LogP contribution is 2.25. The number of benzene rings is 2. The van der Waals surface area contributed by atoms with E-state index in [4.69, 9.17) is 16.3 Å². The molecule has 1 aliphatic heterocycles. The molecule has 0 spiro atoms. The third-order valence-corrected chi connectivity index (χ3v) is 6.79. The highest BCUT2D eigenvalue weighted by Gasteiger charge is 2.28. The summed E-state index contributed by atoms with van der Waals surface area (Å²) in [6, 6.07) is 11.8. The summed E-state index contributed by atoms with van der Waals surface area (Å²) in [5.41, 5.74) is 1.27. The molecular weight excluding hydrogens is 400 g/mol. The summed E-state index contributed by atoms with van der Waals surface area (Å²) in [7, 11) is -3.61. The predicted molar refractivity (Wildman–Crippen MR) is 108 cm³/mol. The van der Waals surface area contributed by atoms with Crippen molar-refractivity contribution in [2.45, 2.75) is 24.7 Å². The lowest BCUT2D eigenvalue weighted by Crippen LogP contribution is -2.30. The van der Waals surface area contributed by atoms with Crippen molar-refractivity contribution in [3.8, 4) is 5.75 Å². The molecule has 0 radical (unpaired) electrons. The Labute approximate surface area is 170 Å². The van der Waals surface area contributed by atoms with Crippen LogP contribution in [0.4, 0.5) is 0 Å². The van der Waals surface area contributed by atoms with Gasteiger partial charge in [0, 0.05) is 13.1 Å². The summed E-state index contributed by atoms with van der Waals surface area (Å²) >= 11 is 6.12. The zero-order valence-corrected chi connectivity index (χ0v) is 17.2. The molecule has 1 heterocycles. The van der Waals surface area contributed by atoms with Gasteiger partial charge in [0.15, 0.2) is 0 Å². The molecule has 2 aromatic carbocycles. The number of sulfonamides is 1. The van der Waals surface area contributed by atoms with Crippen molar-refractivity contribution in [3.05, 3.63) is 58.6 Å². The molecule has 1 fully saturated rings. The molecule has 0 bridgehead atoms. The molecule has 0 aliphatic carbocycles. The number of nitrogens with zero attached hydrogens (tertiary/aromatic N) is 1. The third kappa shape index (κ3) is 4.84. The van der Waals surface area contributed by atoms with Gasteiger partial charge in [-0.15, -0.1) is 0 Å². The molecule has 2 aromatic rings. The molecule has 0 saturated carbocycles. The molecule has 3 rings (SSSR count). The van der Waals surface area contributed by atoms with Crippen LogP contribution in [0.2, 0.25) is 5.02 Å². The van der Waals surface area contributed by atoms with Crippen LogP contribution in [-0.4, -0.2) is 44.9 Å². The first-order valence-electron chi connectivity index (χ1n) is 9.15. The molecule has 1 N–H and O–H groups in total. The summed E-state index contributed by atoms with van der Waals surface area (Å²) in [5.74, 6) is 0.285. The second-order valence-corrected chi connectivity index (χ2v) is 9.02. The maximum atomic E-state index is 12.7. The Balaban J connectivity index is 1.62. The monoisotopic (exact) mass is 422 g/mol. The van der Waals surface area contributed by atoms with Gasteiger partial charge in [-0.05, 0) is 50.1 Å². The van der Waals surface area contributed by atoms with E-state index in [1.807, 2.05) is 31.2 Å². The molecule has 1 saturated heterocycles. The lowest BCUT2D eigenvalue weighted by molar-refractivity contribution is 0.0947. The van der Waals surface area contributed by atoms with Crippen molar-refractivity contribution in [1.29, 1.82) is 0 Å². The van der Waals surface area contributed by atoms with Crippen molar-refractivity contribution in [3.63, 3.8) is 0 Å². The normalized spacial score (nSPS) is 14.8. The number of hydrogen-bond acceptors (Lipinski definition) is 4. The second kappa shape index (κ2) is 8.94. The molecule has 6 nitrogen and oxygen atoms in total. The van der Waals surface area contributed by atoms with E-state index in [-0.39, 0.29) is 28.6 Å². The summed E-state index contributed by atoms with van der Waals surface area (Å²) in [4.78, 5) is 12.5. The highest BCUT2D eigenvalue weighted by atomic mass is 35.5. The largest absolute Gasteiger partial charge is 0.492 e. The van der Waals surface area contributed by atoms with Crippen LogP contribution in [0.3, 0.4) is 0 Å². The van der Waals surface area contributed by atoms with Gasteiger partial charge in [-0.25, -0.2) is 8.42 Å². The fourth-order valence-corrected chi connectivity index (χ4v) is 4.73. The minimum absolute atomic E-state index is 0.0832. The van der Waals surface area contributed by atoms with Crippen molar-refractivity contribution in [2.24, 2.45) is 0 Å². The van der Waals surface area contributed by atoms with Crippen molar-refractivity contribution >= 4 is 27.5 Å². The quantitative estimate of drug-likeness (QED) is 0.695. The van der Waals surface area contributed by atoms with Gasteiger partial charge in [-0.2, -0.15) is 4.31 Å². The van der Waals surface area contributed by atoms with E-state index in [1.54, 1.807) is 0 Å². The second-order valence-electron chi connectivity index (χ2n) is 6.67. The lowest BCUT2D eigenvalue weighted by Gasteiger charge is -2.16. The summed E-state index contributed by atoms with van der Waals surface area (Å²) in [5, 5.41) is 2.92. The predicted octanol–water partition coefficient (Wildman–Crippen LogP) is 3.24. The fourth-order valence-electron chi connectivity index (χ4n) is 2.98. The standard InChI is InChI=1S/C20H23ClN2O4S/c1-15-4-6-16(7-5-15)27-13-10-22-20(24)18-14-17(8-9-19(18)21)28(25,26)23-11-2-3-12-23/h4-9,14H,2-3,10-13H2,1H3,(H,22,24). The Kier molecular flexibility index (Phi) is 6.59. The van der Waals surface area contributed by atoms with Crippen LogP contribution in [0.1, 0.15) is 28.8 Å². The number of amides is 1. The molecule has 0 aromatic heterocycles. The number of carbonyl (C=O) groups is 1. The first kappa shape index (κ1) is 20.6. The summed E-state index contributed by atoms with van der Waals surface area (Å²) in [6.45, 7) is 3.56. The van der Waals surface area contributed by atoms with E-state index < -0.39 is 15.9 Å². The van der Waals surface area contributed by atoms with E-state index in [2.05, 4.69) is 5.32 Å². The minimum Gasteiger partial charge on any atom is -0.492 e. The summed E-state index contributed by atoms with van der Waals surface area (Å²) in [6.07, 6.45) is 1.70. The van der Waals surface area contributed by atoms with Crippen LogP contribution in [0.15, 0.2) is 47.4 Å². The average molecular weight is 423 g/mol. The Morgan fingerprint density at radius 1 is 1.14 bits per heavy atom. The number of hydrogen-bond donors (Lipinski definition) is 1. The number of ether oxygens (including phenoxy) is 1. The van der Waals surface area contributed by atoms with Gasteiger partial charge < -0.3 is 10.1 Å². The zero-order valence-electron chi connectivity index (χ0n) is 15.7. The van der Waals surface area contributed by atoms with Crippen LogP contribution < -0.4 is 10.1 Å². The molecule has 0 atom stereocenters. The Morgan fingerprint density at radius 2 is 1.82 bits per heavy atom. The number of halogens is 1. The van der Waals surface area contributed by atoms with Crippen molar-refractivity contribution in [1.82, 2.24) is 9.62 Å². The fraction of sp³-hybridized carbons (Fsp3) is 0.350. The van der Waals surface area contributed by atoms with Gasteiger partial charge in [0.05, 0.1) is 22.0 Å². The smallest absolute Gasteiger partial charge is 0.252 e. The Hall–Kier alpha value is -2.09. The highest BCUT2D eigenvalue weighted by molar-refractivity contribution is 7.89. The average Bonchev–Trinajstić information content (AvgIpc) is 3.22. The van der Waals surface area contributed by atoms with Gasteiger partial charge in [-0.1, -0.05) is 29.3 Å². The lowest BCUT2D eigenvalue weighted by atomic mass is 10.2. The van der Waals surface area contributed by atoms with E-state index >= 15 is 0 Å². The van der Waals surface area contributed by atoms with Crippen molar-refractivity contribution < 1.29 is 17.9 Å². The number of aryl methyl sites for hydroxylation is 1. The van der Waals surface area contributed by atoms with E-state index in [0.29, 0.717) is 13.1 Å². The van der Waals surface area contributed by atoms with Gasteiger partial charge >= 0.3 is 0 Å². The maximum Gasteiger partial charge on any atom is 0.252 e. The molecular formula is C20H23ClN2O4S. The van der Waals surface area contributed by atoms with E-state index in [9.17, 15) is 13.2 Å². The van der Waals surface area contributed by atoms with Gasteiger partial charge in [0.2, 0.25) is 10.0 Å². The summed E-state index contributed by atoms with van der Waals surface area (Å²) < 4.78 is 32.4. The molecule has 8 heteroatoms. The Bertz CT molecular complexity index is 939. The molecule has 28 heavy (non-hydrogen) atoms. The number of rotatable bonds is 7. The van der Waals surface area contributed by atoms with Gasteiger partial charge in [-0.3, -0.25) is 4.79 Å². The van der Waals surface area contributed by atoms with Gasteiger partial charge in [0.25, 0.3) is 5.91 Å². The molecule has 150 valence electrons. The van der Waals surface area contributed by atoms with Crippen LogP contribution in [0.25, 0.3) is 0 Å². The molecule has 0 unspecified atom stereocenters.